The zero-order valence-corrected chi connectivity index (χ0v) is 11.2. The van der Waals surface area contributed by atoms with Gasteiger partial charge in [-0.2, -0.15) is 0 Å². The molecule has 1 aliphatic carbocycles. The van der Waals surface area contributed by atoms with Crippen molar-refractivity contribution in [3.05, 3.63) is 17.0 Å². The topological polar surface area (TPSA) is 64.1 Å². The first kappa shape index (κ1) is 13.1. The SMILES string of the molecule is COC(=O)CC(C)Nc1cc(Cl)nc(C2CC2)n1. The second-order valence-corrected chi connectivity index (χ2v) is 4.92. The van der Waals surface area contributed by atoms with Crippen LogP contribution < -0.4 is 5.32 Å². The quantitative estimate of drug-likeness (QED) is 0.657. The van der Waals surface area contributed by atoms with Crippen LogP contribution in [0.25, 0.3) is 0 Å². The van der Waals surface area contributed by atoms with Gasteiger partial charge in [0.15, 0.2) is 0 Å². The Morgan fingerprint density at radius 2 is 2.33 bits per heavy atom. The fourth-order valence-corrected chi connectivity index (χ4v) is 1.86. The zero-order valence-electron chi connectivity index (χ0n) is 10.4. The average Bonchev–Trinajstić information content (AvgIpc) is 3.11. The molecular formula is C12H16ClN3O2. The van der Waals surface area contributed by atoms with E-state index in [1.54, 1.807) is 6.07 Å². The lowest BCUT2D eigenvalue weighted by Gasteiger charge is -2.13. The van der Waals surface area contributed by atoms with Crippen molar-refractivity contribution >= 4 is 23.4 Å². The van der Waals surface area contributed by atoms with Crippen LogP contribution in [0.15, 0.2) is 6.07 Å². The molecular weight excluding hydrogens is 254 g/mol. The molecule has 0 amide bonds. The van der Waals surface area contributed by atoms with Crippen molar-refractivity contribution < 1.29 is 9.53 Å². The van der Waals surface area contributed by atoms with E-state index in [2.05, 4.69) is 20.0 Å². The maximum Gasteiger partial charge on any atom is 0.307 e. The van der Waals surface area contributed by atoms with Gasteiger partial charge in [0.2, 0.25) is 0 Å². The maximum atomic E-state index is 11.1. The van der Waals surface area contributed by atoms with Gasteiger partial charge in [-0.15, -0.1) is 0 Å². The van der Waals surface area contributed by atoms with Crippen molar-refractivity contribution in [1.82, 2.24) is 9.97 Å². The van der Waals surface area contributed by atoms with E-state index in [1.807, 2.05) is 6.92 Å². The molecule has 18 heavy (non-hydrogen) atoms. The summed E-state index contributed by atoms with van der Waals surface area (Å²) >= 11 is 5.96. The molecule has 1 aromatic rings. The molecule has 0 radical (unpaired) electrons. The summed E-state index contributed by atoms with van der Waals surface area (Å²) in [7, 11) is 1.38. The first-order chi connectivity index (χ1) is 8.58. The minimum Gasteiger partial charge on any atom is -0.469 e. The molecule has 6 heteroatoms. The Morgan fingerprint density at radius 1 is 1.61 bits per heavy atom. The van der Waals surface area contributed by atoms with E-state index in [-0.39, 0.29) is 18.4 Å². The molecule has 1 heterocycles. The summed E-state index contributed by atoms with van der Waals surface area (Å²) in [6.07, 6.45) is 2.53. The first-order valence-corrected chi connectivity index (χ1v) is 6.34. The van der Waals surface area contributed by atoms with E-state index in [4.69, 9.17) is 11.6 Å². The summed E-state index contributed by atoms with van der Waals surface area (Å²) in [6, 6.07) is 1.61. The van der Waals surface area contributed by atoms with E-state index in [0.29, 0.717) is 16.9 Å². The molecule has 0 spiro atoms. The van der Waals surface area contributed by atoms with Crippen LogP contribution in [0.2, 0.25) is 5.15 Å². The lowest BCUT2D eigenvalue weighted by atomic mass is 10.2. The number of hydrogen-bond acceptors (Lipinski definition) is 5. The fourth-order valence-electron chi connectivity index (χ4n) is 1.67. The number of carbonyl (C=O) groups excluding carboxylic acids is 1. The van der Waals surface area contributed by atoms with E-state index in [1.165, 1.54) is 7.11 Å². The normalized spacial score (nSPS) is 16.2. The second kappa shape index (κ2) is 5.52. The van der Waals surface area contributed by atoms with Crippen molar-refractivity contribution in [3.63, 3.8) is 0 Å². The Morgan fingerprint density at radius 3 is 2.94 bits per heavy atom. The number of halogens is 1. The zero-order chi connectivity index (χ0) is 13.1. The molecule has 5 nitrogen and oxygen atoms in total. The number of ether oxygens (including phenoxy) is 1. The highest BCUT2D eigenvalue weighted by molar-refractivity contribution is 6.29. The van der Waals surface area contributed by atoms with Gasteiger partial charge in [0.25, 0.3) is 0 Å². The van der Waals surface area contributed by atoms with E-state index >= 15 is 0 Å². The Hall–Kier alpha value is -1.36. The number of esters is 1. The number of methoxy groups -OCH3 is 1. The highest BCUT2D eigenvalue weighted by Gasteiger charge is 2.27. The largest absolute Gasteiger partial charge is 0.469 e. The van der Waals surface area contributed by atoms with Gasteiger partial charge in [0.05, 0.1) is 13.5 Å². The number of carbonyl (C=O) groups is 1. The van der Waals surface area contributed by atoms with Gasteiger partial charge in [-0.05, 0) is 19.8 Å². The van der Waals surface area contributed by atoms with Crippen molar-refractivity contribution in [2.75, 3.05) is 12.4 Å². The van der Waals surface area contributed by atoms with Gasteiger partial charge in [-0.3, -0.25) is 4.79 Å². The third-order valence-corrected chi connectivity index (χ3v) is 2.94. The third kappa shape index (κ3) is 3.57. The monoisotopic (exact) mass is 269 g/mol. The van der Waals surface area contributed by atoms with Gasteiger partial charge in [-0.1, -0.05) is 11.6 Å². The summed E-state index contributed by atoms with van der Waals surface area (Å²) in [5.41, 5.74) is 0. The lowest BCUT2D eigenvalue weighted by Crippen LogP contribution is -2.21. The molecule has 1 unspecified atom stereocenters. The molecule has 98 valence electrons. The standard InChI is InChI=1S/C12H16ClN3O2/c1-7(5-11(17)18-2)14-10-6-9(13)15-12(16-10)8-3-4-8/h6-8H,3-5H2,1-2H3,(H,14,15,16). The molecule has 2 rings (SSSR count). The molecule has 1 N–H and O–H groups in total. The van der Waals surface area contributed by atoms with Gasteiger partial charge in [-0.25, -0.2) is 9.97 Å². The molecule has 0 aliphatic heterocycles. The van der Waals surface area contributed by atoms with Crippen molar-refractivity contribution in [2.24, 2.45) is 0 Å². The van der Waals surface area contributed by atoms with Crippen LogP contribution in [0.5, 0.6) is 0 Å². The number of hydrogen-bond donors (Lipinski definition) is 1. The summed E-state index contributed by atoms with van der Waals surface area (Å²) in [5.74, 6) is 1.64. The molecule has 1 atom stereocenters. The minimum atomic E-state index is -0.252. The van der Waals surface area contributed by atoms with Crippen molar-refractivity contribution in [3.8, 4) is 0 Å². The lowest BCUT2D eigenvalue weighted by molar-refractivity contribution is -0.140. The Balaban J connectivity index is 2.01. The molecule has 0 saturated heterocycles. The third-order valence-electron chi connectivity index (χ3n) is 2.75. The van der Waals surface area contributed by atoms with Crippen LogP contribution >= 0.6 is 11.6 Å². The van der Waals surface area contributed by atoms with Crippen LogP contribution in [0.1, 0.15) is 37.9 Å². The summed E-state index contributed by atoms with van der Waals surface area (Å²) in [4.78, 5) is 19.8. The molecule has 0 bridgehead atoms. The van der Waals surface area contributed by atoms with Crippen molar-refractivity contribution in [2.45, 2.75) is 38.1 Å². The molecule has 1 fully saturated rings. The minimum absolute atomic E-state index is 0.0598. The van der Waals surface area contributed by atoms with Gasteiger partial charge >= 0.3 is 5.97 Å². The summed E-state index contributed by atoms with van der Waals surface area (Å²) in [6.45, 7) is 1.89. The summed E-state index contributed by atoms with van der Waals surface area (Å²) < 4.78 is 4.62. The van der Waals surface area contributed by atoms with Crippen LogP contribution in [0.4, 0.5) is 5.82 Å². The fraction of sp³-hybridized carbons (Fsp3) is 0.583. The van der Waals surface area contributed by atoms with Gasteiger partial charge < -0.3 is 10.1 Å². The van der Waals surface area contributed by atoms with Crippen LogP contribution in [0.3, 0.4) is 0 Å². The number of nitrogens with one attached hydrogen (secondary N) is 1. The predicted octanol–water partition coefficient (Wildman–Crippen LogP) is 2.37. The van der Waals surface area contributed by atoms with Gasteiger partial charge in [0.1, 0.15) is 16.8 Å². The smallest absolute Gasteiger partial charge is 0.307 e. The average molecular weight is 270 g/mol. The van der Waals surface area contributed by atoms with E-state index < -0.39 is 0 Å². The van der Waals surface area contributed by atoms with E-state index in [0.717, 1.165) is 18.7 Å². The van der Waals surface area contributed by atoms with E-state index in [9.17, 15) is 4.79 Å². The molecule has 1 saturated carbocycles. The Bertz CT molecular complexity index is 449. The highest BCUT2D eigenvalue weighted by atomic mass is 35.5. The van der Waals surface area contributed by atoms with Crippen molar-refractivity contribution in [1.29, 1.82) is 0 Å². The second-order valence-electron chi connectivity index (χ2n) is 4.53. The van der Waals surface area contributed by atoms with Crippen LogP contribution in [-0.4, -0.2) is 29.1 Å². The number of rotatable bonds is 5. The molecule has 1 aliphatic rings. The van der Waals surface area contributed by atoms with Gasteiger partial charge in [0, 0.05) is 18.0 Å². The summed E-state index contributed by atoms with van der Waals surface area (Å²) in [5, 5.41) is 3.56. The number of nitrogens with zero attached hydrogens (tertiary/aromatic N) is 2. The first-order valence-electron chi connectivity index (χ1n) is 5.96. The number of anilines is 1. The van der Waals surface area contributed by atoms with Crippen LogP contribution in [-0.2, 0) is 9.53 Å². The predicted molar refractivity (Wildman–Crippen MR) is 68.7 cm³/mol. The number of aromatic nitrogens is 2. The Kier molecular flexibility index (Phi) is 4.01. The highest BCUT2D eigenvalue weighted by Crippen LogP contribution is 2.38. The molecule has 0 aromatic carbocycles. The van der Waals surface area contributed by atoms with Crippen LogP contribution in [0, 0.1) is 0 Å². The Labute approximate surface area is 111 Å². The molecule has 1 aromatic heterocycles. The maximum absolute atomic E-state index is 11.1.